The number of rotatable bonds is 6. The van der Waals surface area contributed by atoms with Crippen LogP contribution in [0.2, 0.25) is 54.4 Å². The molecule has 0 amide bonds. The lowest BCUT2D eigenvalue weighted by Crippen LogP contribution is -2.82. The minimum atomic E-state index is -3.12. The number of anilines is 1. The van der Waals surface area contributed by atoms with Crippen molar-refractivity contribution in [3.8, 4) is 0 Å². The number of aromatic nitrogens is 4. The predicted molar refractivity (Wildman–Crippen MR) is 178 cm³/mol. The summed E-state index contributed by atoms with van der Waals surface area (Å²) >= 11 is 0. The maximum absolute atomic E-state index is 13.6. The van der Waals surface area contributed by atoms with E-state index in [1.807, 2.05) is 86.8 Å². The Morgan fingerprint density at radius 2 is 1.47 bits per heavy atom. The number of aromatic amines is 1. The summed E-state index contributed by atoms with van der Waals surface area (Å²) in [7, 11) is -8.88. The quantitative estimate of drug-likeness (QED) is 0.193. The van der Waals surface area contributed by atoms with Crippen LogP contribution >= 0.6 is 0 Å². The fourth-order valence-corrected chi connectivity index (χ4v) is 14.6. The van der Waals surface area contributed by atoms with E-state index >= 15 is 0 Å². The van der Waals surface area contributed by atoms with E-state index < -0.39 is 62.9 Å². The van der Waals surface area contributed by atoms with Crippen molar-refractivity contribution in [2.45, 2.75) is 139 Å². The number of fused-ring (bicyclic) bond motifs is 1. The zero-order valence-corrected chi connectivity index (χ0v) is 31.7. The van der Waals surface area contributed by atoms with Crippen molar-refractivity contribution in [3.63, 3.8) is 0 Å². The number of carbonyl (C=O) groups excluding carboxylic acids is 1. The normalized spacial score (nSPS) is 26.1. The van der Waals surface area contributed by atoms with E-state index in [2.05, 4.69) is 35.7 Å². The van der Waals surface area contributed by atoms with E-state index in [9.17, 15) is 19.8 Å². The van der Waals surface area contributed by atoms with Crippen LogP contribution in [0.25, 0.3) is 11.2 Å². The van der Waals surface area contributed by atoms with Crippen molar-refractivity contribution in [2.75, 3.05) is 5.73 Å². The Hall–Kier alpha value is -2.07. The number of aliphatic hydroxyl groups is 2. The molecule has 0 saturated carbocycles. The number of nitrogen functional groups attached to an aromatic ring is 1. The van der Waals surface area contributed by atoms with Gasteiger partial charge in [0.1, 0.15) is 10.4 Å². The molecule has 11 nitrogen and oxygen atoms in total. The number of hydrogen-bond acceptors (Lipinski definition) is 9. The van der Waals surface area contributed by atoms with E-state index in [-0.39, 0.29) is 27.9 Å². The van der Waals surface area contributed by atoms with Gasteiger partial charge in [-0.25, -0.2) is 9.78 Å². The number of ether oxygens (including phenoxy) is 1. The first-order valence-corrected chi connectivity index (χ1v) is 23.7. The van der Waals surface area contributed by atoms with Crippen LogP contribution in [-0.2, 0) is 14.0 Å². The summed E-state index contributed by atoms with van der Waals surface area (Å²) in [6.07, 6.45) is -1.27. The summed E-state index contributed by atoms with van der Waals surface area (Å²) in [6.45, 7) is 30.5. The Balaban J connectivity index is 2.55. The predicted octanol–water partition coefficient (Wildman–Crippen LogP) is 4.89. The molecule has 0 unspecified atom stereocenters. The van der Waals surface area contributed by atoms with Crippen molar-refractivity contribution in [1.82, 2.24) is 19.5 Å². The molecule has 3 heterocycles. The Bertz CT molecular complexity index is 1510. The lowest BCUT2D eigenvalue weighted by atomic mass is 10.1. The van der Waals surface area contributed by atoms with Gasteiger partial charge in [0.2, 0.25) is 5.95 Å². The number of nitrogens with zero attached hydrogens (tertiary/aromatic N) is 3. The van der Waals surface area contributed by atoms with Crippen molar-refractivity contribution >= 4 is 47.5 Å². The monoisotopic (exact) mass is 651 g/mol. The van der Waals surface area contributed by atoms with E-state index in [0.29, 0.717) is 0 Å². The summed E-state index contributed by atoms with van der Waals surface area (Å²) in [5.74, 6) is 1.72. The number of H-pyrrole nitrogens is 1. The number of imidazole rings is 1. The van der Waals surface area contributed by atoms with Crippen molar-refractivity contribution in [3.05, 3.63) is 22.4 Å². The van der Waals surface area contributed by atoms with Gasteiger partial charge in [0.15, 0.2) is 35.2 Å². The first-order valence-electron chi connectivity index (χ1n) is 14.8. The largest absolute Gasteiger partial charge is 0.537 e. The highest BCUT2D eigenvalue weighted by molar-refractivity contribution is 6.89. The third-order valence-electron chi connectivity index (χ3n) is 11.5. The molecule has 4 atom stereocenters. The van der Waals surface area contributed by atoms with Crippen molar-refractivity contribution < 1.29 is 24.2 Å². The van der Waals surface area contributed by atoms with Crippen molar-refractivity contribution in [2.24, 2.45) is 0 Å². The summed E-state index contributed by atoms with van der Waals surface area (Å²) in [6, 6.07) is 0. The van der Waals surface area contributed by atoms with E-state index in [1.165, 1.54) is 10.9 Å². The molecule has 1 aliphatic heterocycles. The molecule has 0 aliphatic carbocycles. The average Bonchev–Trinajstić information content (AvgIpc) is 3.33. The maximum atomic E-state index is 13.6. The Labute approximate surface area is 258 Å². The Kier molecular flexibility index (Phi) is 8.42. The molecule has 1 aliphatic rings. The number of nitrogens with two attached hydrogens (primary N) is 1. The van der Waals surface area contributed by atoms with Crippen LogP contribution in [-0.4, -0.2) is 76.7 Å². The lowest BCUT2D eigenvalue weighted by Gasteiger charge is -2.61. The second-order valence-electron chi connectivity index (χ2n) is 16.8. The minimum absolute atomic E-state index is 0.0124. The van der Waals surface area contributed by atoms with E-state index in [0.717, 1.165) is 0 Å². The van der Waals surface area contributed by atoms with Crippen LogP contribution in [0, 0.1) is 0 Å². The van der Waals surface area contributed by atoms with Crippen LogP contribution in [0.5, 0.6) is 0 Å². The highest BCUT2D eigenvalue weighted by Gasteiger charge is 2.81. The Morgan fingerprint density at radius 3 is 1.91 bits per heavy atom. The molecule has 2 aromatic heterocycles. The standard InChI is InChI=1S/C29H53N5O6Si3/c1-25(2,3)41(10,11)28(37)20(18(16-35)40-43(14,15)27(7,8)9)39-23(29(28,38)42(12,13)26(4,5)6)34-17-31-19-21(34)32-24(30)33-22(19)36/h17,20,23,37-38H,1-15H3,(H3,30,32,33,36)/t20-,23-,28+,29-/m1/s1. The van der Waals surface area contributed by atoms with Crippen LogP contribution < -0.4 is 11.3 Å². The molecule has 1 fully saturated rings. The van der Waals surface area contributed by atoms with Gasteiger partial charge in [-0.3, -0.25) is 14.3 Å². The molecule has 1 saturated heterocycles. The number of nitrogens with one attached hydrogen (secondary N) is 1. The van der Waals surface area contributed by atoms with Crippen LogP contribution in [0.1, 0.15) is 68.5 Å². The van der Waals surface area contributed by atoms with Crippen LogP contribution in [0.4, 0.5) is 5.95 Å². The zero-order valence-electron chi connectivity index (χ0n) is 28.7. The summed E-state index contributed by atoms with van der Waals surface area (Å²) < 4.78 is 14.9. The molecule has 0 spiro atoms. The van der Waals surface area contributed by atoms with Gasteiger partial charge in [0.25, 0.3) is 13.9 Å². The fraction of sp³-hybridized carbons (Fsp3) is 0.759. The summed E-state index contributed by atoms with van der Waals surface area (Å²) in [5.41, 5.74) is 5.52. The zero-order chi connectivity index (χ0) is 33.6. The lowest BCUT2D eigenvalue weighted by molar-refractivity contribution is -0.0737. The third kappa shape index (κ3) is 4.93. The second kappa shape index (κ2) is 10.2. The van der Waals surface area contributed by atoms with Gasteiger partial charge in [0, 0.05) is 0 Å². The van der Waals surface area contributed by atoms with Gasteiger partial charge < -0.3 is 25.1 Å². The van der Waals surface area contributed by atoms with Gasteiger partial charge in [0.05, 0.1) is 22.5 Å². The topological polar surface area (TPSA) is 166 Å². The average molecular weight is 652 g/mol. The second-order valence-corrected chi connectivity index (χ2v) is 32.5. The first-order chi connectivity index (χ1) is 19.0. The summed E-state index contributed by atoms with van der Waals surface area (Å²) in [4.78, 5) is 36.8. The van der Waals surface area contributed by atoms with Crippen molar-refractivity contribution in [1.29, 1.82) is 0 Å². The van der Waals surface area contributed by atoms with E-state index in [1.54, 1.807) is 0 Å². The fourth-order valence-electron chi connectivity index (χ4n) is 5.64. The number of hydrogen-bond donors (Lipinski definition) is 4. The molecular formula is C29H53N5O6Si3. The summed E-state index contributed by atoms with van der Waals surface area (Å²) in [5, 5.41) is 22.1. The smallest absolute Gasteiger partial charge is 0.280 e. The maximum Gasteiger partial charge on any atom is 0.280 e. The molecule has 3 rings (SSSR count). The molecule has 5 N–H and O–H groups in total. The SMILES string of the molecule is CC(C)(C)[Si](C)(C)OC(=C=O)[C@H]1O[C@@H](n2cnc3c(=O)[nH]c(N)nc32)[C@@](O)([Si](C)(C)C(C)(C)C)[C@@]1(O)[Si](C)(C)C(C)(C)C. The van der Waals surface area contributed by atoms with Gasteiger partial charge >= 0.3 is 0 Å². The van der Waals surface area contributed by atoms with Gasteiger partial charge in [-0.1, -0.05) is 88.5 Å². The molecule has 0 aromatic carbocycles. The highest BCUT2D eigenvalue weighted by Crippen LogP contribution is 2.63. The third-order valence-corrected chi connectivity index (χ3v) is 28.6. The molecule has 43 heavy (non-hydrogen) atoms. The molecule has 14 heteroatoms. The first kappa shape index (κ1) is 35.4. The highest BCUT2D eigenvalue weighted by atomic mass is 28.4. The van der Waals surface area contributed by atoms with Gasteiger partial charge in [-0.15, -0.1) is 0 Å². The Morgan fingerprint density at radius 1 is 0.977 bits per heavy atom. The minimum Gasteiger partial charge on any atom is -0.537 e. The van der Waals surface area contributed by atoms with Gasteiger partial charge in [-0.2, -0.15) is 4.98 Å². The van der Waals surface area contributed by atoms with Gasteiger partial charge in [-0.05, 0) is 28.2 Å². The molecule has 0 radical (unpaired) electrons. The van der Waals surface area contributed by atoms with E-state index in [4.69, 9.17) is 14.9 Å². The van der Waals surface area contributed by atoms with Crippen LogP contribution in [0.3, 0.4) is 0 Å². The molecule has 0 bridgehead atoms. The molecule has 2 aromatic rings. The van der Waals surface area contributed by atoms with Crippen LogP contribution in [0.15, 0.2) is 16.9 Å². The molecular weight excluding hydrogens is 599 g/mol. The molecule has 242 valence electrons.